The number of hydrogen-bond donors (Lipinski definition) is 2. The predicted molar refractivity (Wildman–Crippen MR) is 112 cm³/mol. The van der Waals surface area contributed by atoms with Crippen LogP contribution in [0.4, 0.5) is 0 Å². The molecule has 1 atom stereocenters. The molecule has 10 heteroatoms. The molecule has 2 amide bonds. The van der Waals surface area contributed by atoms with Crippen LogP contribution in [0.25, 0.3) is 0 Å². The van der Waals surface area contributed by atoms with Gasteiger partial charge in [-0.3, -0.25) is 14.4 Å². The highest BCUT2D eigenvalue weighted by Gasteiger charge is 2.21. The Labute approximate surface area is 178 Å². The number of carbonyl (C=O) groups excluding carboxylic acids is 3. The van der Waals surface area contributed by atoms with Gasteiger partial charge in [-0.25, -0.2) is 8.42 Å². The van der Waals surface area contributed by atoms with Gasteiger partial charge in [-0.1, -0.05) is 27.2 Å². The van der Waals surface area contributed by atoms with Crippen molar-refractivity contribution in [2.75, 3.05) is 26.2 Å². The Kier molecular flexibility index (Phi) is 10.5. The molecule has 0 saturated carbocycles. The van der Waals surface area contributed by atoms with Crippen molar-refractivity contribution >= 4 is 27.8 Å². The first-order chi connectivity index (χ1) is 14.1. The zero-order valence-corrected chi connectivity index (χ0v) is 18.8. The lowest BCUT2D eigenvalue weighted by atomic mass is 10.2. The van der Waals surface area contributed by atoms with Crippen LogP contribution in [0.1, 0.15) is 50.9 Å². The molecule has 0 spiro atoms. The summed E-state index contributed by atoms with van der Waals surface area (Å²) < 4.78 is 31.1. The number of nitrogens with one attached hydrogen (secondary N) is 2. The number of sulfonamides is 1. The molecule has 0 radical (unpaired) electrons. The van der Waals surface area contributed by atoms with Crippen molar-refractivity contribution in [1.29, 1.82) is 0 Å². The molecule has 0 aliphatic carbocycles. The van der Waals surface area contributed by atoms with Gasteiger partial charge in [0.2, 0.25) is 10.0 Å². The summed E-state index contributed by atoms with van der Waals surface area (Å²) >= 11 is 0. The molecule has 1 unspecified atom stereocenters. The van der Waals surface area contributed by atoms with Crippen LogP contribution in [0, 0.1) is 0 Å². The smallest absolute Gasteiger partial charge is 0.325 e. The van der Waals surface area contributed by atoms with Gasteiger partial charge in [-0.15, -0.1) is 0 Å². The van der Waals surface area contributed by atoms with Crippen molar-refractivity contribution in [3.05, 3.63) is 29.8 Å². The van der Waals surface area contributed by atoms with Crippen molar-refractivity contribution in [2.45, 2.75) is 51.5 Å². The van der Waals surface area contributed by atoms with Gasteiger partial charge >= 0.3 is 5.97 Å². The molecule has 0 saturated heterocycles. The zero-order chi connectivity index (χ0) is 22.7. The molecule has 0 aliphatic rings. The molecule has 30 heavy (non-hydrogen) atoms. The first-order valence-corrected chi connectivity index (χ1v) is 11.4. The fourth-order valence-corrected chi connectivity index (χ4v) is 4.22. The van der Waals surface area contributed by atoms with Crippen molar-refractivity contribution in [2.24, 2.45) is 0 Å². The van der Waals surface area contributed by atoms with Gasteiger partial charge in [0.1, 0.15) is 6.54 Å². The Morgan fingerprint density at radius 3 is 2.20 bits per heavy atom. The summed E-state index contributed by atoms with van der Waals surface area (Å²) in [5, 5.41) is 5.09. The van der Waals surface area contributed by atoms with E-state index in [4.69, 9.17) is 4.74 Å². The highest BCUT2D eigenvalue weighted by atomic mass is 32.2. The molecule has 0 heterocycles. The minimum Gasteiger partial charge on any atom is -0.454 e. The lowest BCUT2D eigenvalue weighted by Gasteiger charge is -2.18. The van der Waals surface area contributed by atoms with Gasteiger partial charge < -0.3 is 15.4 Å². The summed E-state index contributed by atoms with van der Waals surface area (Å²) in [7, 11) is -3.61. The van der Waals surface area contributed by atoms with E-state index in [1.165, 1.54) is 28.6 Å². The number of carbonyl (C=O) groups is 3. The van der Waals surface area contributed by atoms with Gasteiger partial charge in [0.05, 0.1) is 4.90 Å². The largest absolute Gasteiger partial charge is 0.454 e. The summed E-state index contributed by atoms with van der Waals surface area (Å²) in [6.45, 7) is 7.23. The second kappa shape index (κ2) is 12.3. The molecule has 1 aromatic rings. The van der Waals surface area contributed by atoms with E-state index in [1.807, 2.05) is 13.8 Å². The highest BCUT2D eigenvalue weighted by molar-refractivity contribution is 7.89. The van der Waals surface area contributed by atoms with Gasteiger partial charge in [0.25, 0.3) is 11.8 Å². The van der Waals surface area contributed by atoms with Crippen LogP contribution in [-0.4, -0.2) is 62.8 Å². The molecule has 0 fully saturated rings. The number of amides is 2. The number of hydrogen-bond acceptors (Lipinski definition) is 6. The van der Waals surface area contributed by atoms with E-state index < -0.39 is 41.0 Å². The van der Waals surface area contributed by atoms with Crippen LogP contribution in [0.2, 0.25) is 0 Å². The number of benzene rings is 1. The monoisotopic (exact) mass is 441 g/mol. The van der Waals surface area contributed by atoms with Crippen molar-refractivity contribution in [1.82, 2.24) is 14.9 Å². The van der Waals surface area contributed by atoms with E-state index in [0.717, 1.165) is 12.8 Å². The number of nitrogens with zero attached hydrogens (tertiary/aromatic N) is 1. The molecule has 0 aliphatic heterocycles. The minimum atomic E-state index is -3.61. The molecule has 0 bridgehead atoms. The summed E-state index contributed by atoms with van der Waals surface area (Å²) in [4.78, 5) is 35.6. The van der Waals surface area contributed by atoms with E-state index >= 15 is 0 Å². The number of ether oxygens (including phenoxy) is 1. The standard InChI is InChI=1S/C20H31N3O6S/c1-5-8-15(4)22-18(24)14-29-19(25)13-21-20(26)16-9-11-17(12-10-16)30(27,28)23(6-2)7-3/h9-12,15H,5-8,13-14H2,1-4H3,(H,21,26)(H,22,24). The Morgan fingerprint density at radius 1 is 1.07 bits per heavy atom. The summed E-state index contributed by atoms with van der Waals surface area (Å²) in [6, 6.07) is 5.44. The van der Waals surface area contributed by atoms with Crippen LogP contribution in [0.15, 0.2) is 29.2 Å². The van der Waals surface area contributed by atoms with Crippen molar-refractivity contribution in [3.63, 3.8) is 0 Å². The molecule has 1 rings (SSSR count). The van der Waals surface area contributed by atoms with Gasteiger partial charge in [-0.05, 0) is 37.6 Å². The maximum atomic E-state index is 12.5. The molecule has 168 valence electrons. The summed E-state index contributed by atoms with van der Waals surface area (Å²) in [5.41, 5.74) is 0.201. The maximum Gasteiger partial charge on any atom is 0.325 e. The lowest BCUT2D eigenvalue weighted by molar-refractivity contribution is -0.147. The molecular formula is C20H31N3O6S. The van der Waals surface area contributed by atoms with Crippen LogP contribution < -0.4 is 10.6 Å². The summed E-state index contributed by atoms with van der Waals surface area (Å²) in [5.74, 6) is -1.71. The van der Waals surface area contributed by atoms with Crippen LogP contribution in [0.5, 0.6) is 0 Å². The lowest BCUT2D eigenvalue weighted by Crippen LogP contribution is -2.37. The van der Waals surface area contributed by atoms with E-state index in [2.05, 4.69) is 10.6 Å². The number of esters is 1. The van der Waals surface area contributed by atoms with Crippen LogP contribution in [0.3, 0.4) is 0 Å². The average molecular weight is 442 g/mol. The third kappa shape index (κ3) is 7.75. The van der Waals surface area contributed by atoms with Gasteiger partial charge in [0.15, 0.2) is 6.61 Å². The van der Waals surface area contributed by atoms with E-state index in [-0.39, 0.29) is 16.5 Å². The summed E-state index contributed by atoms with van der Waals surface area (Å²) in [6.07, 6.45) is 1.75. The van der Waals surface area contributed by atoms with Crippen LogP contribution >= 0.6 is 0 Å². The van der Waals surface area contributed by atoms with E-state index in [0.29, 0.717) is 13.1 Å². The van der Waals surface area contributed by atoms with Gasteiger partial charge in [0, 0.05) is 24.7 Å². The van der Waals surface area contributed by atoms with Crippen molar-refractivity contribution in [3.8, 4) is 0 Å². The fourth-order valence-electron chi connectivity index (χ4n) is 2.76. The third-order valence-electron chi connectivity index (χ3n) is 4.35. The molecule has 0 aromatic heterocycles. The quantitative estimate of drug-likeness (QED) is 0.472. The fraction of sp³-hybridized carbons (Fsp3) is 0.550. The highest BCUT2D eigenvalue weighted by Crippen LogP contribution is 2.16. The second-order valence-corrected chi connectivity index (χ2v) is 8.65. The molecule has 1 aromatic carbocycles. The first-order valence-electron chi connectivity index (χ1n) is 9.99. The van der Waals surface area contributed by atoms with Gasteiger partial charge in [-0.2, -0.15) is 4.31 Å². The Bertz CT molecular complexity index is 819. The Balaban J connectivity index is 2.54. The third-order valence-corrected chi connectivity index (χ3v) is 6.41. The molecule has 9 nitrogen and oxygen atoms in total. The Hall–Kier alpha value is -2.46. The normalized spacial score (nSPS) is 12.3. The van der Waals surface area contributed by atoms with Crippen LogP contribution in [-0.2, 0) is 24.3 Å². The zero-order valence-electron chi connectivity index (χ0n) is 17.9. The second-order valence-electron chi connectivity index (χ2n) is 6.71. The van der Waals surface area contributed by atoms with E-state index in [1.54, 1.807) is 13.8 Å². The topological polar surface area (TPSA) is 122 Å². The predicted octanol–water partition coefficient (Wildman–Crippen LogP) is 1.29. The molecular weight excluding hydrogens is 410 g/mol. The average Bonchev–Trinajstić information content (AvgIpc) is 2.71. The minimum absolute atomic E-state index is 0.00516. The maximum absolute atomic E-state index is 12.5. The Morgan fingerprint density at radius 2 is 1.67 bits per heavy atom. The SMILES string of the molecule is CCCC(C)NC(=O)COC(=O)CNC(=O)c1ccc(S(=O)(=O)N(CC)CC)cc1. The van der Waals surface area contributed by atoms with E-state index in [9.17, 15) is 22.8 Å². The molecule has 2 N–H and O–H groups in total. The van der Waals surface area contributed by atoms with Crippen molar-refractivity contribution < 1.29 is 27.5 Å². The number of rotatable bonds is 12. The first kappa shape index (κ1) is 25.6.